The zero-order valence-corrected chi connectivity index (χ0v) is 12.1. The normalized spacial score (nSPS) is 25.1. The third kappa shape index (κ3) is 2.42. The van der Waals surface area contributed by atoms with Crippen LogP contribution in [0.2, 0.25) is 0 Å². The van der Waals surface area contributed by atoms with Gasteiger partial charge in [0.2, 0.25) is 0 Å². The van der Waals surface area contributed by atoms with E-state index in [1.165, 1.54) is 6.33 Å². The smallest absolute Gasteiger partial charge is 0.410 e. The lowest BCUT2D eigenvalue weighted by Gasteiger charge is -2.35. The molecule has 108 valence electrons. The third-order valence-electron chi connectivity index (χ3n) is 3.75. The highest BCUT2D eigenvalue weighted by Crippen LogP contribution is 2.34. The average Bonchev–Trinajstić information content (AvgIpc) is 2.97. The van der Waals surface area contributed by atoms with Crippen molar-refractivity contribution in [2.24, 2.45) is 0 Å². The standard InChI is InChI=1S/C14H20N4O2/c1-14(2,3)20-13(19)18-8-10-4-11(18)7-17(10)12-5-15-9-16-6-12/h5-6,9-11H,4,7-8H2,1-3H3/t10-,11-/m0/s1. The number of likely N-dealkylation sites (tertiary alicyclic amines) is 1. The molecule has 0 aromatic carbocycles. The number of ether oxygens (including phenoxy) is 1. The van der Waals surface area contributed by atoms with Crippen LogP contribution in [0.25, 0.3) is 0 Å². The van der Waals surface area contributed by atoms with E-state index in [9.17, 15) is 4.79 Å². The number of amides is 1. The molecule has 2 atom stereocenters. The Kier molecular flexibility index (Phi) is 3.03. The van der Waals surface area contributed by atoms with Gasteiger partial charge in [-0.15, -0.1) is 0 Å². The largest absolute Gasteiger partial charge is 0.444 e. The molecule has 2 bridgehead atoms. The van der Waals surface area contributed by atoms with Crippen molar-refractivity contribution < 1.29 is 9.53 Å². The molecule has 0 aliphatic carbocycles. The van der Waals surface area contributed by atoms with Gasteiger partial charge in [-0.05, 0) is 27.2 Å². The maximum Gasteiger partial charge on any atom is 0.410 e. The highest BCUT2D eigenvalue weighted by atomic mass is 16.6. The zero-order valence-electron chi connectivity index (χ0n) is 12.1. The van der Waals surface area contributed by atoms with Gasteiger partial charge in [0.1, 0.15) is 11.9 Å². The molecule has 2 fully saturated rings. The minimum atomic E-state index is -0.439. The summed E-state index contributed by atoms with van der Waals surface area (Å²) in [5.74, 6) is 0. The number of carbonyl (C=O) groups excluding carboxylic acids is 1. The number of hydrogen-bond acceptors (Lipinski definition) is 5. The number of nitrogens with zero attached hydrogens (tertiary/aromatic N) is 4. The van der Waals surface area contributed by atoms with Crippen molar-refractivity contribution in [3.63, 3.8) is 0 Å². The van der Waals surface area contributed by atoms with Crippen molar-refractivity contribution in [2.75, 3.05) is 18.0 Å². The van der Waals surface area contributed by atoms with Crippen LogP contribution in [0.1, 0.15) is 27.2 Å². The van der Waals surface area contributed by atoms with E-state index in [-0.39, 0.29) is 12.1 Å². The summed E-state index contributed by atoms with van der Waals surface area (Å²) >= 11 is 0. The van der Waals surface area contributed by atoms with Crippen molar-refractivity contribution in [1.29, 1.82) is 0 Å². The van der Waals surface area contributed by atoms with Gasteiger partial charge >= 0.3 is 6.09 Å². The number of hydrogen-bond donors (Lipinski definition) is 0. The van der Waals surface area contributed by atoms with E-state index in [0.717, 1.165) is 18.7 Å². The number of piperazine rings is 1. The van der Waals surface area contributed by atoms with Crippen LogP contribution in [0.5, 0.6) is 0 Å². The van der Waals surface area contributed by atoms with E-state index in [1.807, 2.05) is 38.1 Å². The van der Waals surface area contributed by atoms with Crippen LogP contribution in [-0.4, -0.2) is 51.7 Å². The molecule has 2 aliphatic heterocycles. The zero-order chi connectivity index (χ0) is 14.3. The van der Waals surface area contributed by atoms with E-state index in [0.29, 0.717) is 12.6 Å². The fraction of sp³-hybridized carbons (Fsp3) is 0.643. The van der Waals surface area contributed by atoms with Crippen LogP contribution < -0.4 is 4.90 Å². The molecule has 1 aromatic rings. The Hall–Kier alpha value is -1.85. The van der Waals surface area contributed by atoms with Gasteiger partial charge in [0.05, 0.1) is 24.1 Å². The van der Waals surface area contributed by atoms with Gasteiger partial charge in [0.25, 0.3) is 0 Å². The lowest BCUT2D eigenvalue weighted by atomic mass is 10.2. The molecule has 6 nitrogen and oxygen atoms in total. The molecular weight excluding hydrogens is 256 g/mol. The molecule has 3 heterocycles. The third-order valence-corrected chi connectivity index (χ3v) is 3.75. The summed E-state index contributed by atoms with van der Waals surface area (Å²) in [7, 11) is 0. The Labute approximate surface area is 118 Å². The van der Waals surface area contributed by atoms with Gasteiger partial charge in [-0.1, -0.05) is 0 Å². The first-order valence-corrected chi connectivity index (χ1v) is 6.95. The first-order chi connectivity index (χ1) is 9.44. The number of carbonyl (C=O) groups is 1. The average molecular weight is 276 g/mol. The second kappa shape index (κ2) is 4.61. The minimum absolute atomic E-state index is 0.200. The summed E-state index contributed by atoms with van der Waals surface area (Å²) in [5.41, 5.74) is 0.593. The predicted molar refractivity (Wildman–Crippen MR) is 74.5 cm³/mol. The molecule has 1 aromatic heterocycles. The van der Waals surface area contributed by atoms with E-state index in [2.05, 4.69) is 14.9 Å². The van der Waals surface area contributed by atoms with Crippen molar-refractivity contribution in [1.82, 2.24) is 14.9 Å². The molecule has 0 saturated carbocycles. The quantitative estimate of drug-likeness (QED) is 0.781. The van der Waals surface area contributed by atoms with Gasteiger partial charge in [0, 0.05) is 19.1 Å². The van der Waals surface area contributed by atoms with Crippen molar-refractivity contribution in [3.05, 3.63) is 18.7 Å². The van der Waals surface area contributed by atoms with Crippen LogP contribution in [0, 0.1) is 0 Å². The molecule has 1 amide bonds. The maximum atomic E-state index is 12.2. The van der Waals surface area contributed by atoms with Crippen LogP contribution in [-0.2, 0) is 4.74 Å². The monoisotopic (exact) mass is 276 g/mol. The predicted octanol–water partition coefficient (Wildman–Crippen LogP) is 1.67. The summed E-state index contributed by atoms with van der Waals surface area (Å²) in [6.07, 6.45) is 5.98. The van der Waals surface area contributed by atoms with Gasteiger partial charge in [-0.25, -0.2) is 14.8 Å². The van der Waals surface area contributed by atoms with E-state index in [1.54, 1.807) is 0 Å². The van der Waals surface area contributed by atoms with Crippen LogP contribution in [0.15, 0.2) is 18.7 Å². The molecule has 2 aliphatic rings. The number of rotatable bonds is 1. The van der Waals surface area contributed by atoms with E-state index >= 15 is 0 Å². The number of fused-ring (bicyclic) bond motifs is 2. The fourth-order valence-corrected chi connectivity index (χ4v) is 2.97. The molecule has 3 rings (SSSR count). The summed E-state index contributed by atoms with van der Waals surface area (Å²) in [4.78, 5) is 24.4. The topological polar surface area (TPSA) is 58.6 Å². The molecule has 6 heteroatoms. The lowest BCUT2D eigenvalue weighted by molar-refractivity contribution is 0.0215. The highest BCUT2D eigenvalue weighted by Gasteiger charge is 2.46. The molecule has 0 spiro atoms. The Bertz CT molecular complexity index is 500. The summed E-state index contributed by atoms with van der Waals surface area (Å²) < 4.78 is 5.46. The number of anilines is 1. The minimum Gasteiger partial charge on any atom is -0.444 e. The Morgan fingerprint density at radius 3 is 2.50 bits per heavy atom. The van der Waals surface area contributed by atoms with Crippen LogP contribution >= 0.6 is 0 Å². The second-order valence-corrected chi connectivity index (χ2v) is 6.43. The van der Waals surface area contributed by atoms with Gasteiger partial charge in [-0.2, -0.15) is 0 Å². The molecular formula is C14H20N4O2. The van der Waals surface area contributed by atoms with Crippen molar-refractivity contribution >= 4 is 11.8 Å². The van der Waals surface area contributed by atoms with Crippen LogP contribution in [0.4, 0.5) is 10.5 Å². The van der Waals surface area contributed by atoms with Gasteiger partial charge < -0.3 is 14.5 Å². The fourth-order valence-electron chi connectivity index (χ4n) is 2.97. The van der Waals surface area contributed by atoms with E-state index in [4.69, 9.17) is 4.74 Å². The molecule has 20 heavy (non-hydrogen) atoms. The van der Waals surface area contributed by atoms with Crippen LogP contribution in [0.3, 0.4) is 0 Å². The molecule has 0 N–H and O–H groups in total. The molecule has 0 unspecified atom stereocenters. The molecule has 2 saturated heterocycles. The number of aromatic nitrogens is 2. The van der Waals surface area contributed by atoms with Gasteiger partial charge in [-0.3, -0.25) is 0 Å². The first-order valence-electron chi connectivity index (χ1n) is 6.95. The lowest BCUT2D eigenvalue weighted by Crippen LogP contribution is -2.50. The van der Waals surface area contributed by atoms with E-state index < -0.39 is 5.60 Å². The van der Waals surface area contributed by atoms with Gasteiger partial charge in [0.15, 0.2) is 0 Å². The van der Waals surface area contributed by atoms with Crippen molar-refractivity contribution in [3.8, 4) is 0 Å². The Balaban J connectivity index is 1.66. The molecule has 0 radical (unpaired) electrons. The summed E-state index contributed by atoms with van der Waals surface area (Å²) in [5, 5.41) is 0. The summed E-state index contributed by atoms with van der Waals surface area (Å²) in [6, 6.07) is 0.577. The Morgan fingerprint density at radius 1 is 1.25 bits per heavy atom. The summed E-state index contributed by atoms with van der Waals surface area (Å²) in [6.45, 7) is 7.23. The van der Waals surface area contributed by atoms with Crippen molar-refractivity contribution in [2.45, 2.75) is 44.9 Å². The maximum absolute atomic E-state index is 12.2. The first kappa shape index (κ1) is 13.1. The Morgan fingerprint density at radius 2 is 1.95 bits per heavy atom. The highest BCUT2D eigenvalue weighted by molar-refractivity contribution is 5.70. The second-order valence-electron chi connectivity index (χ2n) is 6.43. The SMILES string of the molecule is CC(C)(C)OC(=O)N1C[C@@H]2C[C@H]1CN2c1cncnc1.